The number of pyridine rings is 1. The van der Waals surface area contributed by atoms with Crippen LogP contribution < -0.4 is 0 Å². The van der Waals surface area contributed by atoms with Crippen LogP contribution in [0.15, 0.2) is 18.3 Å². The summed E-state index contributed by atoms with van der Waals surface area (Å²) in [6, 6.07) is 4.05. The number of rotatable bonds is 3. The lowest BCUT2D eigenvalue weighted by atomic mass is 10.1. The molecule has 0 aliphatic carbocycles. The molecule has 0 unspecified atom stereocenters. The minimum atomic E-state index is 0.258. The average Bonchev–Trinajstić information content (AvgIpc) is 2.04. The van der Waals surface area contributed by atoms with Crippen molar-refractivity contribution in [3.63, 3.8) is 0 Å². The van der Waals surface area contributed by atoms with Crippen LogP contribution in [0.25, 0.3) is 0 Å². The molecule has 0 saturated heterocycles. The highest BCUT2D eigenvalue weighted by Gasteiger charge is 1.91. The third kappa shape index (κ3) is 2.68. The van der Waals surface area contributed by atoms with Gasteiger partial charge in [-0.3, -0.25) is 4.98 Å². The van der Waals surface area contributed by atoms with E-state index in [2.05, 4.69) is 11.1 Å². The molecule has 11 heavy (non-hydrogen) atoms. The maximum Gasteiger partial charge on any atom is 0.0434 e. The molecule has 2 heteroatoms. The molecule has 1 heterocycles. The molecule has 0 spiro atoms. The van der Waals surface area contributed by atoms with Crippen molar-refractivity contribution in [3.8, 4) is 0 Å². The Kier molecular flexibility index (Phi) is 3.05. The van der Waals surface area contributed by atoms with Crippen LogP contribution in [0.1, 0.15) is 17.7 Å². The summed E-state index contributed by atoms with van der Waals surface area (Å²) in [5, 5.41) is 8.56. The van der Waals surface area contributed by atoms with Gasteiger partial charge < -0.3 is 5.11 Å². The fourth-order valence-corrected chi connectivity index (χ4v) is 0.929. The van der Waals surface area contributed by atoms with E-state index < -0.39 is 0 Å². The number of nitrogens with zero attached hydrogens (tertiary/aromatic N) is 1. The summed E-state index contributed by atoms with van der Waals surface area (Å²) in [5.74, 6) is 0. The van der Waals surface area contributed by atoms with Gasteiger partial charge in [-0.2, -0.15) is 0 Å². The molecular formula is C9H13NO. The molecule has 1 aromatic rings. The summed E-state index contributed by atoms with van der Waals surface area (Å²) in [6.45, 7) is 2.23. The summed E-state index contributed by atoms with van der Waals surface area (Å²) in [7, 11) is 0. The van der Waals surface area contributed by atoms with E-state index in [1.54, 1.807) is 0 Å². The Balaban J connectivity index is 2.52. The van der Waals surface area contributed by atoms with Gasteiger partial charge in [-0.1, -0.05) is 6.07 Å². The Morgan fingerprint density at radius 1 is 1.45 bits per heavy atom. The van der Waals surface area contributed by atoms with Crippen molar-refractivity contribution >= 4 is 0 Å². The predicted molar refractivity (Wildman–Crippen MR) is 44.4 cm³/mol. The normalized spacial score (nSPS) is 10.0. The van der Waals surface area contributed by atoms with E-state index in [0.29, 0.717) is 0 Å². The molecule has 0 amide bonds. The number of aliphatic hydroxyl groups is 1. The average molecular weight is 151 g/mol. The largest absolute Gasteiger partial charge is 0.396 e. The quantitative estimate of drug-likeness (QED) is 0.706. The van der Waals surface area contributed by atoms with Gasteiger partial charge in [0.25, 0.3) is 0 Å². The molecule has 1 N–H and O–H groups in total. The van der Waals surface area contributed by atoms with E-state index in [-0.39, 0.29) is 6.61 Å². The zero-order chi connectivity index (χ0) is 8.10. The topological polar surface area (TPSA) is 33.1 Å². The van der Waals surface area contributed by atoms with Crippen molar-refractivity contribution < 1.29 is 5.11 Å². The smallest absolute Gasteiger partial charge is 0.0434 e. The lowest BCUT2D eigenvalue weighted by Crippen LogP contribution is -1.90. The van der Waals surface area contributed by atoms with Crippen LogP contribution in [-0.2, 0) is 6.42 Å². The van der Waals surface area contributed by atoms with E-state index in [0.717, 1.165) is 18.5 Å². The molecule has 0 radical (unpaired) electrons. The van der Waals surface area contributed by atoms with Crippen molar-refractivity contribution in [2.24, 2.45) is 0 Å². The van der Waals surface area contributed by atoms with Gasteiger partial charge in [-0.15, -0.1) is 0 Å². The summed E-state index contributed by atoms with van der Waals surface area (Å²) in [5.41, 5.74) is 2.24. The first-order valence-corrected chi connectivity index (χ1v) is 3.85. The van der Waals surface area contributed by atoms with Gasteiger partial charge in [0, 0.05) is 18.5 Å². The molecule has 0 atom stereocenters. The number of aliphatic hydroxyl groups excluding tert-OH is 1. The predicted octanol–water partition coefficient (Wildman–Crippen LogP) is 1.31. The lowest BCUT2D eigenvalue weighted by Gasteiger charge is -1.98. The number of aryl methyl sites for hydroxylation is 2. The third-order valence-electron chi connectivity index (χ3n) is 1.60. The first-order valence-electron chi connectivity index (χ1n) is 3.85. The molecule has 0 aliphatic rings. The molecule has 0 fully saturated rings. The Hall–Kier alpha value is -0.890. The summed E-state index contributed by atoms with van der Waals surface area (Å²) < 4.78 is 0. The summed E-state index contributed by atoms with van der Waals surface area (Å²) in [4.78, 5) is 4.15. The fraction of sp³-hybridized carbons (Fsp3) is 0.444. The molecule has 60 valence electrons. The first kappa shape index (κ1) is 8.21. The second-order valence-corrected chi connectivity index (χ2v) is 2.63. The molecule has 0 aliphatic heterocycles. The fourth-order valence-electron chi connectivity index (χ4n) is 0.929. The second-order valence-electron chi connectivity index (χ2n) is 2.63. The van der Waals surface area contributed by atoms with E-state index in [1.807, 2.05) is 19.2 Å². The Morgan fingerprint density at radius 2 is 2.27 bits per heavy atom. The zero-order valence-electron chi connectivity index (χ0n) is 6.75. The lowest BCUT2D eigenvalue weighted by molar-refractivity contribution is 0.288. The van der Waals surface area contributed by atoms with Crippen molar-refractivity contribution in [2.45, 2.75) is 19.8 Å². The number of hydrogen-bond acceptors (Lipinski definition) is 2. The minimum Gasteiger partial charge on any atom is -0.396 e. The standard InChI is InChI=1S/C9H13NO/c1-8-4-5-9(7-10-8)3-2-6-11/h4-5,7,11H,2-3,6H2,1H3. The van der Waals surface area contributed by atoms with Gasteiger partial charge in [-0.05, 0) is 31.4 Å². The molecule has 0 bridgehead atoms. The molecule has 2 nitrogen and oxygen atoms in total. The van der Waals surface area contributed by atoms with Crippen LogP contribution in [-0.4, -0.2) is 16.7 Å². The highest BCUT2D eigenvalue weighted by Crippen LogP contribution is 2.01. The minimum absolute atomic E-state index is 0.258. The molecule has 1 aromatic heterocycles. The second kappa shape index (κ2) is 4.09. The van der Waals surface area contributed by atoms with Crippen molar-refractivity contribution in [2.75, 3.05) is 6.61 Å². The van der Waals surface area contributed by atoms with Gasteiger partial charge >= 0.3 is 0 Å². The Labute approximate surface area is 66.9 Å². The van der Waals surface area contributed by atoms with Gasteiger partial charge in [0.05, 0.1) is 0 Å². The Morgan fingerprint density at radius 3 is 2.82 bits per heavy atom. The van der Waals surface area contributed by atoms with Gasteiger partial charge in [0.2, 0.25) is 0 Å². The maximum atomic E-state index is 8.56. The third-order valence-corrected chi connectivity index (χ3v) is 1.60. The molecule has 0 aromatic carbocycles. The van der Waals surface area contributed by atoms with Crippen LogP contribution in [0.2, 0.25) is 0 Å². The monoisotopic (exact) mass is 151 g/mol. The summed E-state index contributed by atoms with van der Waals surface area (Å²) in [6.07, 6.45) is 3.61. The van der Waals surface area contributed by atoms with E-state index in [4.69, 9.17) is 5.11 Å². The summed E-state index contributed by atoms with van der Waals surface area (Å²) >= 11 is 0. The van der Waals surface area contributed by atoms with Gasteiger partial charge in [-0.25, -0.2) is 0 Å². The number of aromatic nitrogens is 1. The SMILES string of the molecule is Cc1ccc(CCCO)cn1. The van der Waals surface area contributed by atoms with Crippen LogP contribution in [0.5, 0.6) is 0 Å². The molecule has 0 saturated carbocycles. The van der Waals surface area contributed by atoms with Crippen LogP contribution in [0.4, 0.5) is 0 Å². The van der Waals surface area contributed by atoms with Gasteiger partial charge in [0.15, 0.2) is 0 Å². The van der Waals surface area contributed by atoms with Crippen molar-refractivity contribution in [1.82, 2.24) is 4.98 Å². The van der Waals surface area contributed by atoms with Crippen LogP contribution >= 0.6 is 0 Å². The van der Waals surface area contributed by atoms with Crippen LogP contribution in [0.3, 0.4) is 0 Å². The molecular weight excluding hydrogens is 138 g/mol. The first-order chi connectivity index (χ1) is 5.33. The Bertz CT molecular complexity index is 205. The van der Waals surface area contributed by atoms with Crippen molar-refractivity contribution in [1.29, 1.82) is 0 Å². The van der Waals surface area contributed by atoms with E-state index >= 15 is 0 Å². The van der Waals surface area contributed by atoms with E-state index in [1.165, 1.54) is 5.56 Å². The molecule has 1 rings (SSSR count). The van der Waals surface area contributed by atoms with Crippen LogP contribution in [0, 0.1) is 6.92 Å². The maximum absolute atomic E-state index is 8.56. The van der Waals surface area contributed by atoms with Gasteiger partial charge in [0.1, 0.15) is 0 Å². The van der Waals surface area contributed by atoms with Crippen molar-refractivity contribution in [3.05, 3.63) is 29.6 Å². The highest BCUT2D eigenvalue weighted by atomic mass is 16.2. The highest BCUT2D eigenvalue weighted by molar-refractivity contribution is 5.12. The zero-order valence-corrected chi connectivity index (χ0v) is 6.75. The van der Waals surface area contributed by atoms with E-state index in [9.17, 15) is 0 Å². The number of hydrogen-bond donors (Lipinski definition) is 1.